The molecule has 0 spiro atoms. The second-order valence-corrected chi connectivity index (χ2v) is 6.63. The lowest BCUT2D eigenvalue weighted by atomic mass is 10.2. The highest BCUT2D eigenvalue weighted by atomic mass is 32.1. The fourth-order valence-electron chi connectivity index (χ4n) is 2.86. The van der Waals surface area contributed by atoms with Gasteiger partial charge in [0, 0.05) is 30.1 Å². The highest BCUT2D eigenvalue weighted by Crippen LogP contribution is 2.31. The lowest BCUT2D eigenvalue weighted by molar-refractivity contribution is -0.131. The van der Waals surface area contributed by atoms with Crippen molar-refractivity contribution in [1.29, 1.82) is 0 Å². The highest BCUT2D eigenvalue weighted by Gasteiger charge is 2.31. The van der Waals surface area contributed by atoms with E-state index in [1.54, 1.807) is 11.3 Å². The molecule has 3 rings (SSSR count). The Kier molecular flexibility index (Phi) is 4.56. The first-order chi connectivity index (χ1) is 11.1. The van der Waals surface area contributed by atoms with Crippen molar-refractivity contribution in [2.75, 3.05) is 11.9 Å². The number of hydrogen-bond acceptors (Lipinski definition) is 6. The quantitative estimate of drug-likeness (QED) is 0.930. The van der Waals surface area contributed by atoms with Gasteiger partial charge in [-0.2, -0.15) is 0 Å². The third-order valence-corrected chi connectivity index (χ3v) is 4.77. The average Bonchev–Trinajstić information content (AvgIpc) is 3.15. The van der Waals surface area contributed by atoms with Crippen LogP contribution in [0.4, 0.5) is 10.9 Å². The number of anilines is 2. The molecule has 3 heterocycles. The molecule has 2 aromatic heterocycles. The number of likely N-dealkylation sites (tertiary alicyclic amines) is 1. The molecule has 0 saturated carbocycles. The molecule has 6 nitrogen and oxygen atoms in total. The van der Waals surface area contributed by atoms with Crippen LogP contribution in [0.25, 0.3) is 0 Å². The van der Waals surface area contributed by atoms with Gasteiger partial charge in [-0.15, -0.1) is 11.3 Å². The zero-order valence-electron chi connectivity index (χ0n) is 13.7. The largest absolute Gasteiger partial charge is 0.332 e. The average molecular weight is 331 g/mol. The zero-order chi connectivity index (χ0) is 16.4. The molecule has 0 aromatic carbocycles. The molecule has 1 aliphatic heterocycles. The fourth-order valence-corrected chi connectivity index (χ4v) is 3.56. The molecular weight excluding hydrogens is 310 g/mol. The molecule has 0 radical (unpaired) electrons. The van der Waals surface area contributed by atoms with Crippen LogP contribution in [0.5, 0.6) is 0 Å². The van der Waals surface area contributed by atoms with Crippen LogP contribution in [0.1, 0.15) is 49.4 Å². The van der Waals surface area contributed by atoms with Gasteiger partial charge in [-0.1, -0.05) is 6.92 Å². The Balaban J connectivity index is 1.86. The van der Waals surface area contributed by atoms with Crippen molar-refractivity contribution in [1.82, 2.24) is 19.9 Å². The Bertz CT molecular complexity index is 714. The Morgan fingerprint density at radius 1 is 1.35 bits per heavy atom. The summed E-state index contributed by atoms with van der Waals surface area (Å²) in [5.74, 6) is 1.63. The molecule has 1 fully saturated rings. The molecule has 122 valence electrons. The Morgan fingerprint density at radius 3 is 2.87 bits per heavy atom. The smallest absolute Gasteiger partial charge is 0.222 e. The van der Waals surface area contributed by atoms with Gasteiger partial charge in [0.25, 0.3) is 0 Å². The summed E-state index contributed by atoms with van der Waals surface area (Å²) in [5.41, 5.74) is 1.88. The summed E-state index contributed by atoms with van der Waals surface area (Å²) < 4.78 is 0. The van der Waals surface area contributed by atoms with E-state index in [2.05, 4.69) is 20.3 Å². The van der Waals surface area contributed by atoms with Crippen molar-refractivity contribution in [2.45, 2.75) is 46.1 Å². The van der Waals surface area contributed by atoms with Crippen LogP contribution in [-0.4, -0.2) is 32.3 Å². The number of carbonyl (C=O) groups is 1. The second kappa shape index (κ2) is 6.62. The zero-order valence-corrected chi connectivity index (χ0v) is 14.5. The van der Waals surface area contributed by atoms with Crippen molar-refractivity contribution in [3.05, 3.63) is 28.7 Å². The van der Waals surface area contributed by atoms with Gasteiger partial charge >= 0.3 is 0 Å². The minimum atomic E-state index is -0.0130. The monoisotopic (exact) mass is 331 g/mol. The number of rotatable bonds is 4. The number of nitrogens with one attached hydrogen (secondary N) is 1. The molecule has 1 amide bonds. The van der Waals surface area contributed by atoms with E-state index in [9.17, 15) is 4.79 Å². The summed E-state index contributed by atoms with van der Waals surface area (Å²) in [4.78, 5) is 27.6. The van der Waals surface area contributed by atoms with E-state index in [4.69, 9.17) is 0 Å². The van der Waals surface area contributed by atoms with E-state index in [0.29, 0.717) is 6.42 Å². The summed E-state index contributed by atoms with van der Waals surface area (Å²) in [6.07, 6.45) is 2.44. The van der Waals surface area contributed by atoms with Gasteiger partial charge in [-0.3, -0.25) is 4.79 Å². The second-order valence-electron chi connectivity index (χ2n) is 5.77. The lowest BCUT2D eigenvalue weighted by Gasteiger charge is -2.23. The predicted octanol–water partition coefficient (Wildman–Crippen LogP) is 3.37. The van der Waals surface area contributed by atoms with E-state index in [1.807, 2.05) is 37.1 Å². The number of nitrogens with zero attached hydrogens (tertiary/aromatic N) is 4. The van der Waals surface area contributed by atoms with E-state index in [1.165, 1.54) is 0 Å². The Hall–Kier alpha value is -2.02. The molecular formula is C16H21N5OS. The minimum Gasteiger partial charge on any atom is -0.332 e. The van der Waals surface area contributed by atoms with Crippen molar-refractivity contribution in [3.63, 3.8) is 0 Å². The first kappa shape index (κ1) is 15.9. The van der Waals surface area contributed by atoms with Gasteiger partial charge < -0.3 is 10.2 Å². The van der Waals surface area contributed by atoms with Crippen LogP contribution in [-0.2, 0) is 4.79 Å². The summed E-state index contributed by atoms with van der Waals surface area (Å²) in [7, 11) is 0. The topological polar surface area (TPSA) is 71.0 Å². The molecule has 0 bridgehead atoms. The maximum absolute atomic E-state index is 12.1. The van der Waals surface area contributed by atoms with Gasteiger partial charge in [0.15, 0.2) is 11.0 Å². The van der Waals surface area contributed by atoms with E-state index in [0.717, 1.165) is 47.5 Å². The summed E-state index contributed by atoms with van der Waals surface area (Å²) in [6, 6.07) is 1.89. The number of aryl methyl sites for hydroxylation is 2. The van der Waals surface area contributed by atoms with Crippen molar-refractivity contribution in [2.24, 2.45) is 0 Å². The third kappa shape index (κ3) is 3.50. The molecule has 1 aliphatic rings. The summed E-state index contributed by atoms with van der Waals surface area (Å²) in [6.45, 7) is 6.60. The third-order valence-electron chi connectivity index (χ3n) is 3.90. The van der Waals surface area contributed by atoms with Crippen LogP contribution in [0.15, 0.2) is 11.4 Å². The van der Waals surface area contributed by atoms with E-state index < -0.39 is 0 Å². The number of hydrogen-bond donors (Lipinski definition) is 1. The standard InChI is InChI=1S/C16H21N5OS/c1-4-14(22)21-7-5-6-12(21)15-17-10(2)8-13(19-15)20-16-18-11(3)9-23-16/h8-9,12H,4-7H2,1-3H3,(H,17,18,19,20)/t12-/m0/s1. The van der Waals surface area contributed by atoms with Gasteiger partial charge in [-0.25, -0.2) is 15.0 Å². The van der Waals surface area contributed by atoms with Crippen LogP contribution in [0.3, 0.4) is 0 Å². The predicted molar refractivity (Wildman–Crippen MR) is 90.9 cm³/mol. The van der Waals surface area contributed by atoms with E-state index in [-0.39, 0.29) is 11.9 Å². The van der Waals surface area contributed by atoms with Crippen molar-refractivity contribution < 1.29 is 4.79 Å². The molecule has 7 heteroatoms. The molecule has 0 aliphatic carbocycles. The lowest BCUT2D eigenvalue weighted by Crippen LogP contribution is -2.31. The van der Waals surface area contributed by atoms with Crippen molar-refractivity contribution >= 4 is 28.2 Å². The molecule has 23 heavy (non-hydrogen) atoms. The first-order valence-corrected chi connectivity index (χ1v) is 8.79. The maximum atomic E-state index is 12.1. The van der Waals surface area contributed by atoms with Crippen LogP contribution in [0, 0.1) is 13.8 Å². The number of carbonyl (C=O) groups excluding carboxylic acids is 1. The van der Waals surface area contributed by atoms with Crippen LogP contribution in [0.2, 0.25) is 0 Å². The molecule has 1 N–H and O–H groups in total. The van der Waals surface area contributed by atoms with Gasteiger partial charge in [0.1, 0.15) is 5.82 Å². The van der Waals surface area contributed by atoms with Crippen LogP contribution < -0.4 is 5.32 Å². The molecule has 1 atom stereocenters. The normalized spacial score (nSPS) is 17.5. The Morgan fingerprint density at radius 2 is 2.17 bits per heavy atom. The SMILES string of the molecule is CCC(=O)N1CCC[C@H]1c1nc(C)cc(Nc2nc(C)cs2)n1. The summed E-state index contributed by atoms with van der Waals surface area (Å²) in [5, 5.41) is 6.06. The molecule has 0 unspecified atom stereocenters. The Labute approximate surface area is 140 Å². The first-order valence-electron chi connectivity index (χ1n) is 7.91. The molecule has 1 saturated heterocycles. The van der Waals surface area contributed by atoms with E-state index >= 15 is 0 Å². The van der Waals surface area contributed by atoms with Crippen LogP contribution >= 0.6 is 11.3 Å². The van der Waals surface area contributed by atoms with Gasteiger partial charge in [-0.05, 0) is 26.7 Å². The van der Waals surface area contributed by atoms with Gasteiger partial charge in [0.2, 0.25) is 5.91 Å². The van der Waals surface area contributed by atoms with Crippen molar-refractivity contribution in [3.8, 4) is 0 Å². The number of aromatic nitrogens is 3. The van der Waals surface area contributed by atoms with Gasteiger partial charge in [0.05, 0.1) is 11.7 Å². The fraction of sp³-hybridized carbons (Fsp3) is 0.500. The maximum Gasteiger partial charge on any atom is 0.222 e. The highest BCUT2D eigenvalue weighted by molar-refractivity contribution is 7.13. The number of amides is 1. The number of thiazole rings is 1. The molecule has 2 aromatic rings. The minimum absolute atomic E-state index is 0.0130. The summed E-state index contributed by atoms with van der Waals surface area (Å²) >= 11 is 1.55.